The molecule has 8 rings (SSSR count). The van der Waals surface area contributed by atoms with Gasteiger partial charge in [0.15, 0.2) is 0 Å². The minimum atomic E-state index is -0.228. The second kappa shape index (κ2) is 14.5. The SMILES string of the molecule is CCC1=C(CC)c2nc1cc1[nH]c(c(CC)c1CC)c(-c1ccc(OC)cc1)c1[nH]c(cc3nc4c(cc5ccccc5c24)C3(CC)CC)c(CC)c1CC. The summed E-state index contributed by atoms with van der Waals surface area (Å²) in [6.45, 7) is 18.4. The largest absolute Gasteiger partial charge is 0.497 e. The van der Waals surface area contributed by atoms with E-state index in [0.717, 1.165) is 90.8 Å². The van der Waals surface area contributed by atoms with Crippen LogP contribution in [0.1, 0.15) is 126 Å². The van der Waals surface area contributed by atoms with Crippen LogP contribution in [0.2, 0.25) is 0 Å². The summed E-state index contributed by atoms with van der Waals surface area (Å²) in [5.74, 6) is 0.853. The lowest BCUT2D eigenvalue weighted by Crippen LogP contribution is -2.23. The molecule has 0 radical (unpaired) electrons. The van der Waals surface area contributed by atoms with Crippen molar-refractivity contribution in [3.63, 3.8) is 0 Å². The van der Waals surface area contributed by atoms with Gasteiger partial charge in [-0.1, -0.05) is 91.8 Å². The Bertz CT molecular complexity index is 2670. The van der Waals surface area contributed by atoms with Gasteiger partial charge >= 0.3 is 0 Å². The maximum atomic E-state index is 5.76. The van der Waals surface area contributed by atoms with Crippen molar-refractivity contribution in [2.75, 3.05) is 7.11 Å². The number of fused-ring (bicyclic) bond motifs is 10. The Labute approximate surface area is 326 Å². The van der Waals surface area contributed by atoms with Crippen LogP contribution in [0.15, 0.2) is 66.7 Å². The van der Waals surface area contributed by atoms with Crippen LogP contribution in [0, 0.1) is 0 Å². The number of rotatable bonds is 10. The first-order valence-electron chi connectivity index (χ1n) is 20.9. The second-order valence-electron chi connectivity index (χ2n) is 15.2. The van der Waals surface area contributed by atoms with Gasteiger partial charge in [-0.15, -0.1) is 0 Å². The van der Waals surface area contributed by atoms with Crippen LogP contribution in [-0.2, 0) is 31.1 Å². The highest BCUT2D eigenvalue weighted by molar-refractivity contribution is 6.15. The summed E-state index contributed by atoms with van der Waals surface area (Å²) < 4.78 is 5.65. The average molecular weight is 729 g/mol. The quantitative estimate of drug-likeness (QED) is 0.148. The standard InChI is InChI=1S/C50H56N4O/c1-10-32-35(13-4)46-44(29-22-24-31(55-9)25-23-29)47-36(14-5)34(12-3)42(53-47)28-43-50(16-7,17-8)39-26-30-20-18-19-21-38(30)45(49(39)54-43)48-37(15-6)33(11-2)41(52-48)27-40(32)51-46/h18-28,51,53H,10-17H2,1-9H3. The van der Waals surface area contributed by atoms with Crippen molar-refractivity contribution in [1.82, 2.24) is 19.9 Å². The molecule has 6 aromatic rings. The molecule has 0 aliphatic carbocycles. The van der Waals surface area contributed by atoms with E-state index in [0.29, 0.717) is 0 Å². The number of allylic oxidation sites excluding steroid dienone is 2. The summed E-state index contributed by atoms with van der Waals surface area (Å²) in [6, 6.07) is 24.7. The predicted octanol–water partition coefficient (Wildman–Crippen LogP) is 13.4. The Morgan fingerprint density at radius 1 is 0.618 bits per heavy atom. The maximum Gasteiger partial charge on any atom is 0.118 e. The predicted molar refractivity (Wildman–Crippen MR) is 234 cm³/mol. The van der Waals surface area contributed by atoms with Crippen molar-refractivity contribution in [3.8, 4) is 16.9 Å². The number of aromatic amines is 2. The summed E-state index contributed by atoms with van der Waals surface area (Å²) in [6.07, 6.45) is 7.41. The van der Waals surface area contributed by atoms with Crippen LogP contribution in [0.4, 0.5) is 0 Å². The summed E-state index contributed by atoms with van der Waals surface area (Å²) >= 11 is 0. The van der Waals surface area contributed by atoms with Gasteiger partial charge in [0.25, 0.3) is 0 Å². The van der Waals surface area contributed by atoms with Crippen LogP contribution >= 0.6 is 0 Å². The summed E-state index contributed by atoms with van der Waals surface area (Å²) in [5, 5.41) is 3.66. The molecule has 0 spiro atoms. The van der Waals surface area contributed by atoms with E-state index in [1.807, 2.05) is 0 Å². The zero-order valence-corrected chi connectivity index (χ0v) is 34.3. The number of hydrogen-bond acceptors (Lipinski definition) is 3. The van der Waals surface area contributed by atoms with Gasteiger partial charge in [0, 0.05) is 27.4 Å². The van der Waals surface area contributed by atoms with Gasteiger partial charge in [-0.3, -0.25) is 4.98 Å². The van der Waals surface area contributed by atoms with Crippen molar-refractivity contribution in [1.29, 1.82) is 0 Å². The van der Waals surface area contributed by atoms with E-state index in [4.69, 9.17) is 14.7 Å². The Morgan fingerprint density at radius 3 is 1.78 bits per heavy atom. The normalized spacial score (nSPS) is 13.8. The lowest BCUT2D eigenvalue weighted by molar-refractivity contribution is 0.415. The minimum Gasteiger partial charge on any atom is -0.497 e. The molecule has 2 N–H and O–H groups in total. The Balaban J connectivity index is 1.70. The number of ether oxygens (including phenoxy) is 1. The fourth-order valence-electron chi connectivity index (χ4n) is 10.1. The third kappa shape index (κ3) is 5.48. The molecule has 2 aliphatic heterocycles. The highest BCUT2D eigenvalue weighted by Gasteiger charge is 2.39. The molecular weight excluding hydrogens is 673 g/mol. The van der Waals surface area contributed by atoms with Crippen molar-refractivity contribution >= 4 is 54.9 Å². The molecule has 0 fully saturated rings. The number of aromatic nitrogens is 4. The lowest BCUT2D eigenvalue weighted by atomic mass is 9.73. The van der Waals surface area contributed by atoms with Crippen molar-refractivity contribution in [2.24, 2.45) is 0 Å². The van der Waals surface area contributed by atoms with Gasteiger partial charge in [0.1, 0.15) is 5.75 Å². The van der Waals surface area contributed by atoms with Crippen LogP contribution in [0.3, 0.4) is 0 Å². The smallest absolute Gasteiger partial charge is 0.118 e. The first-order chi connectivity index (χ1) is 26.8. The number of hydrogen-bond donors (Lipinski definition) is 2. The fraction of sp³-hybridized carbons (Fsp3) is 0.360. The molecule has 0 unspecified atom stereocenters. The van der Waals surface area contributed by atoms with E-state index in [9.17, 15) is 0 Å². The highest BCUT2D eigenvalue weighted by atomic mass is 16.5. The van der Waals surface area contributed by atoms with E-state index >= 15 is 0 Å². The Hall–Kier alpha value is -5.16. The molecule has 2 aliphatic rings. The average Bonchev–Trinajstić information content (AvgIpc) is 3.95. The number of H-pyrrole nitrogens is 2. The molecule has 0 atom stereocenters. The van der Waals surface area contributed by atoms with Crippen molar-refractivity contribution in [2.45, 2.75) is 112 Å². The molecule has 5 nitrogen and oxygen atoms in total. The molecule has 5 heteroatoms. The summed E-state index contributed by atoms with van der Waals surface area (Å²) in [5.41, 5.74) is 20.7. The van der Waals surface area contributed by atoms with E-state index < -0.39 is 0 Å². The first kappa shape index (κ1) is 36.8. The third-order valence-corrected chi connectivity index (χ3v) is 13.0. The van der Waals surface area contributed by atoms with E-state index in [1.54, 1.807) is 7.11 Å². The molecule has 0 amide bonds. The number of nitrogens with one attached hydrogen (secondary N) is 2. The topological polar surface area (TPSA) is 66.6 Å². The molecule has 8 bridgehead atoms. The molecular formula is C50H56N4O. The van der Waals surface area contributed by atoms with Gasteiger partial charge in [-0.25, -0.2) is 4.98 Å². The number of nitrogens with zero attached hydrogens (tertiary/aromatic N) is 2. The zero-order chi connectivity index (χ0) is 38.6. The maximum absolute atomic E-state index is 5.76. The molecule has 282 valence electrons. The molecule has 0 saturated heterocycles. The van der Waals surface area contributed by atoms with Gasteiger partial charge < -0.3 is 14.7 Å². The zero-order valence-electron chi connectivity index (χ0n) is 34.3. The third-order valence-electron chi connectivity index (χ3n) is 13.0. The Kier molecular flexibility index (Phi) is 9.69. The second-order valence-corrected chi connectivity index (χ2v) is 15.2. The number of aryl methyl sites for hydroxylation is 4. The minimum absolute atomic E-state index is 0.228. The summed E-state index contributed by atoms with van der Waals surface area (Å²) in [7, 11) is 1.74. The van der Waals surface area contributed by atoms with Gasteiger partial charge in [0.2, 0.25) is 0 Å². The highest BCUT2D eigenvalue weighted by Crippen LogP contribution is 2.49. The van der Waals surface area contributed by atoms with Gasteiger partial charge in [0.05, 0.1) is 40.7 Å². The van der Waals surface area contributed by atoms with Crippen molar-refractivity contribution < 1.29 is 4.74 Å². The number of benzene rings is 3. The van der Waals surface area contributed by atoms with Crippen LogP contribution < -0.4 is 4.74 Å². The Morgan fingerprint density at radius 2 is 1.22 bits per heavy atom. The van der Waals surface area contributed by atoms with Gasteiger partial charge in [-0.05, 0) is 137 Å². The summed E-state index contributed by atoms with van der Waals surface area (Å²) in [4.78, 5) is 19.6. The van der Waals surface area contributed by atoms with E-state index in [2.05, 4.69) is 132 Å². The molecule has 3 aromatic carbocycles. The van der Waals surface area contributed by atoms with Gasteiger partial charge in [-0.2, -0.15) is 0 Å². The molecule has 0 saturated carbocycles. The molecule has 5 heterocycles. The van der Waals surface area contributed by atoms with Crippen LogP contribution in [0.25, 0.3) is 66.0 Å². The van der Waals surface area contributed by atoms with Crippen molar-refractivity contribution in [3.05, 3.63) is 112 Å². The van der Waals surface area contributed by atoms with Crippen LogP contribution in [-0.4, -0.2) is 27.0 Å². The number of methoxy groups -OCH3 is 1. The van der Waals surface area contributed by atoms with E-state index in [-0.39, 0.29) is 5.41 Å². The van der Waals surface area contributed by atoms with E-state index in [1.165, 1.54) is 77.2 Å². The lowest BCUT2D eigenvalue weighted by Gasteiger charge is -2.28. The molecule has 3 aromatic heterocycles. The molecule has 55 heavy (non-hydrogen) atoms. The monoisotopic (exact) mass is 728 g/mol. The van der Waals surface area contributed by atoms with Crippen LogP contribution in [0.5, 0.6) is 5.75 Å². The fourth-order valence-corrected chi connectivity index (χ4v) is 10.1. The first-order valence-corrected chi connectivity index (χ1v) is 20.9.